The number of ether oxygens (including phenoxy) is 1. The largest absolute Gasteiger partial charge is 0.465 e. The number of nitrogen functional groups attached to an aromatic ring is 1. The van der Waals surface area contributed by atoms with E-state index in [0.29, 0.717) is 26.5 Å². The molecule has 0 aliphatic carbocycles. The number of nitrogens with zero attached hydrogens (tertiary/aromatic N) is 2. The van der Waals surface area contributed by atoms with Crippen molar-refractivity contribution in [3.63, 3.8) is 0 Å². The van der Waals surface area contributed by atoms with Crippen LogP contribution >= 0.6 is 11.3 Å². The molecule has 8 heteroatoms. The number of aromatic nitrogens is 2. The molecule has 1 aromatic carbocycles. The fraction of sp³-hybridized carbons (Fsp3) is 0.0476. The number of amides is 1. The molecular formula is C21H16N4O3S. The molecule has 0 spiro atoms. The van der Waals surface area contributed by atoms with Gasteiger partial charge in [0.2, 0.25) is 0 Å². The Labute approximate surface area is 170 Å². The molecule has 1 amide bonds. The number of pyridine rings is 2. The van der Waals surface area contributed by atoms with Gasteiger partial charge in [-0.3, -0.25) is 9.78 Å². The molecule has 3 aromatic heterocycles. The van der Waals surface area contributed by atoms with E-state index < -0.39 is 11.9 Å². The highest BCUT2D eigenvalue weighted by atomic mass is 32.1. The third-order valence-electron chi connectivity index (χ3n) is 4.36. The zero-order chi connectivity index (χ0) is 20.4. The van der Waals surface area contributed by atoms with Crippen LogP contribution in [0, 0.1) is 0 Å². The Balaban J connectivity index is 1.69. The summed E-state index contributed by atoms with van der Waals surface area (Å²) >= 11 is 1.20. The van der Waals surface area contributed by atoms with Crippen LogP contribution in [-0.4, -0.2) is 29.0 Å². The standard InChI is InChI=1S/C21H16N4O3S/c1-28-21(27)13-4-2-3-5-16(13)24-19(26)18-17(22)14-6-7-15(25-20(14)29-18)12-8-10-23-11-9-12/h2-11H,22H2,1H3,(H,24,26). The Bertz CT molecular complexity index is 1220. The van der Waals surface area contributed by atoms with Crippen molar-refractivity contribution >= 4 is 44.8 Å². The third-order valence-corrected chi connectivity index (χ3v) is 5.47. The Kier molecular flexibility index (Phi) is 4.92. The van der Waals surface area contributed by atoms with Crippen molar-refractivity contribution in [2.24, 2.45) is 0 Å². The summed E-state index contributed by atoms with van der Waals surface area (Å²) in [4.78, 5) is 34.4. The number of rotatable bonds is 4. The molecule has 0 radical (unpaired) electrons. The van der Waals surface area contributed by atoms with Gasteiger partial charge in [-0.05, 0) is 36.4 Å². The average Bonchev–Trinajstić information content (AvgIpc) is 3.10. The van der Waals surface area contributed by atoms with Crippen LogP contribution in [0.5, 0.6) is 0 Å². The van der Waals surface area contributed by atoms with E-state index in [1.54, 1.807) is 36.7 Å². The molecule has 3 N–H and O–H groups in total. The molecule has 0 saturated heterocycles. The lowest BCUT2D eigenvalue weighted by molar-refractivity contribution is 0.0602. The van der Waals surface area contributed by atoms with Crippen molar-refractivity contribution in [1.29, 1.82) is 0 Å². The molecule has 4 aromatic rings. The Morgan fingerprint density at radius 2 is 1.83 bits per heavy atom. The molecule has 0 aliphatic rings. The van der Waals surface area contributed by atoms with Crippen LogP contribution in [-0.2, 0) is 4.74 Å². The lowest BCUT2D eigenvalue weighted by atomic mass is 10.1. The minimum absolute atomic E-state index is 0.265. The van der Waals surface area contributed by atoms with E-state index in [-0.39, 0.29) is 5.56 Å². The first-order valence-electron chi connectivity index (χ1n) is 8.66. The highest BCUT2D eigenvalue weighted by molar-refractivity contribution is 7.21. The van der Waals surface area contributed by atoms with E-state index in [1.165, 1.54) is 18.4 Å². The molecule has 0 aliphatic heterocycles. The van der Waals surface area contributed by atoms with Gasteiger partial charge < -0.3 is 15.8 Å². The number of nitrogens with two attached hydrogens (primary N) is 1. The number of benzene rings is 1. The van der Waals surface area contributed by atoms with E-state index in [1.807, 2.05) is 24.3 Å². The first-order valence-corrected chi connectivity index (χ1v) is 9.48. The second kappa shape index (κ2) is 7.69. The van der Waals surface area contributed by atoms with Gasteiger partial charge in [-0.1, -0.05) is 12.1 Å². The highest BCUT2D eigenvalue weighted by Crippen LogP contribution is 2.34. The van der Waals surface area contributed by atoms with E-state index in [2.05, 4.69) is 15.3 Å². The summed E-state index contributed by atoms with van der Waals surface area (Å²) in [5, 5.41) is 3.45. The fourth-order valence-corrected chi connectivity index (χ4v) is 3.90. The van der Waals surface area contributed by atoms with Gasteiger partial charge in [-0.25, -0.2) is 9.78 Å². The van der Waals surface area contributed by atoms with Gasteiger partial charge in [0.05, 0.1) is 29.7 Å². The maximum Gasteiger partial charge on any atom is 0.339 e. The molecule has 0 bridgehead atoms. The smallest absolute Gasteiger partial charge is 0.339 e. The zero-order valence-electron chi connectivity index (χ0n) is 15.4. The Hall–Kier alpha value is -3.78. The number of carbonyl (C=O) groups is 2. The van der Waals surface area contributed by atoms with E-state index in [9.17, 15) is 9.59 Å². The zero-order valence-corrected chi connectivity index (χ0v) is 16.2. The topological polar surface area (TPSA) is 107 Å². The summed E-state index contributed by atoms with van der Waals surface area (Å²) < 4.78 is 4.76. The predicted octanol–water partition coefficient (Wildman–Crippen LogP) is 3.98. The molecule has 7 nitrogen and oxygen atoms in total. The SMILES string of the molecule is COC(=O)c1ccccc1NC(=O)c1sc2nc(-c3ccncc3)ccc2c1N. The maximum atomic E-state index is 12.9. The van der Waals surface area contributed by atoms with Crippen LogP contribution in [0.2, 0.25) is 0 Å². The van der Waals surface area contributed by atoms with E-state index >= 15 is 0 Å². The highest BCUT2D eigenvalue weighted by Gasteiger charge is 2.20. The van der Waals surface area contributed by atoms with Crippen molar-refractivity contribution < 1.29 is 14.3 Å². The van der Waals surface area contributed by atoms with Crippen molar-refractivity contribution in [2.75, 3.05) is 18.2 Å². The summed E-state index contributed by atoms with van der Waals surface area (Å²) in [6.07, 6.45) is 3.39. The van der Waals surface area contributed by atoms with Crippen LogP contribution < -0.4 is 11.1 Å². The van der Waals surface area contributed by atoms with E-state index in [0.717, 1.165) is 11.3 Å². The van der Waals surface area contributed by atoms with Gasteiger partial charge >= 0.3 is 5.97 Å². The molecule has 4 rings (SSSR count). The van der Waals surface area contributed by atoms with Crippen molar-refractivity contribution in [1.82, 2.24) is 9.97 Å². The number of esters is 1. The van der Waals surface area contributed by atoms with Crippen LogP contribution in [0.3, 0.4) is 0 Å². The van der Waals surface area contributed by atoms with Gasteiger partial charge in [0, 0.05) is 23.3 Å². The lowest BCUT2D eigenvalue weighted by Gasteiger charge is -2.09. The molecule has 0 unspecified atom stereocenters. The minimum Gasteiger partial charge on any atom is -0.465 e. The van der Waals surface area contributed by atoms with Gasteiger partial charge in [-0.2, -0.15) is 0 Å². The number of anilines is 2. The third kappa shape index (κ3) is 3.53. The summed E-state index contributed by atoms with van der Waals surface area (Å²) in [5.74, 6) is -0.943. The second-order valence-corrected chi connectivity index (χ2v) is 7.12. The molecule has 29 heavy (non-hydrogen) atoms. The molecule has 3 heterocycles. The van der Waals surface area contributed by atoms with Crippen LogP contribution in [0.1, 0.15) is 20.0 Å². The van der Waals surface area contributed by atoms with Crippen LogP contribution in [0.4, 0.5) is 11.4 Å². The van der Waals surface area contributed by atoms with Gasteiger partial charge in [0.1, 0.15) is 9.71 Å². The number of nitrogens with one attached hydrogen (secondary N) is 1. The monoisotopic (exact) mass is 404 g/mol. The number of hydrogen-bond acceptors (Lipinski definition) is 7. The van der Waals surface area contributed by atoms with Gasteiger partial charge in [-0.15, -0.1) is 11.3 Å². The predicted molar refractivity (Wildman–Crippen MR) is 113 cm³/mol. The summed E-state index contributed by atoms with van der Waals surface area (Å²) in [5.41, 5.74) is 8.88. The fourth-order valence-electron chi connectivity index (χ4n) is 2.91. The van der Waals surface area contributed by atoms with Crippen molar-refractivity contribution in [3.05, 3.63) is 71.4 Å². The van der Waals surface area contributed by atoms with Crippen LogP contribution in [0.25, 0.3) is 21.5 Å². The second-order valence-electron chi connectivity index (χ2n) is 6.12. The van der Waals surface area contributed by atoms with Crippen molar-refractivity contribution in [3.8, 4) is 11.3 Å². The number of thiophene rings is 1. The van der Waals surface area contributed by atoms with Crippen molar-refractivity contribution in [2.45, 2.75) is 0 Å². The number of para-hydroxylation sites is 1. The lowest BCUT2D eigenvalue weighted by Crippen LogP contribution is -2.15. The Morgan fingerprint density at radius 3 is 2.59 bits per heavy atom. The first kappa shape index (κ1) is 18.6. The van der Waals surface area contributed by atoms with E-state index in [4.69, 9.17) is 10.5 Å². The van der Waals surface area contributed by atoms with Gasteiger partial charge in [0.25, 0.3) is 5.91 Å². The average molecular weight is 404 g/mol. The first-order chi connectivity index (χ1) is 14.1. The number of hydrogen-bond donors (Lipinski definition) is 2. The molecule has 0 atom stereocenters. The number of methoxy groups -OCH3 is 1. The molecule has 0 fully saturated rings. The van der Waals surface area contributed by atoms with Gasteiger partial charge in [0.15, 0.2) is 0 Å². The maximum absolute atomic E-state index is 12.9. The van der Waals surface area contributed by atoms with Crippen LogP contribution in [0.15, 0.2) is 60.9 Å². The molecule has 144 valence electrons. The number of fused-ring (bicyclic) bond motifs is 1. The molecule has 0 saturated carbocycles. The quantitative estimate of drug-likeness (QED) is 0.498. The molecular weight excluding hydrogens is 388 g/mol. The number of carbonyl (C=O) groups excluding carboxylic acids is 2. The summed E-state index contributed by atoms with van der Waals surface area (Å²) in [7, 11) is 1.29. The summed E-state index contributed by atoms with van der Waals surface area (Å²) in [6.45, 7) is 0. The summed E-state index contributed by atoms with van der Waals surface area (Å²) in [6, 6.07) is 14.1. The minimum atomic E-state index is -0.533. The Morgan fingerprint density at radius 1 is 1.07 bits per heavy atom. The normalized spacial score (nSPS) is 10.7.